The van der Waals surface area contributed by atoms with E-state index >= 15 is 0 Å². The van der Waals surface area contributed by atoms with Crippen molar-refractivity contribution >= 4 is 21.6 Å². The number of rotatable bonds is 7. The lowest BCUT2D eigenvalue weighted by Gasteiger charge is -2.18. The van der Waals surface area contributed by atoms with Crippen molar-refractivity contribution in [3.8, 4) is 5.88 Å². The zero-order valence-corrected chi connectivity index (χ0v) is 14.2. The van der Waals surface area contributed by atoms with Gasteiger partial charge in [-0.3, -0.25) is 0 Å². The third-order valence-electron chi connectivity index (χ3n) is 2.92. The van der Waals surface area contributed by atoms with E-state index in [4.69, 9.17) is 5.41 Å². The van der Waals surface area contributed by atoms with Crippen molar-refractivity contribution in [2.45, 2.75) is 32.2 Å². The van der Waals surface area contributed by atoms with Gasteiger partial charge in [-0.25, -0.2) is 0 Å². The monoisotopic (exact) mass is 365 g/mol. The molecule has 24 heavy (non-hydrogen) atoms. The van der Waals surface area contributed by atoms with Crippen LogP contribution in [0.3, 0.4) is 0 Å². The molecule has 0 aliphatic rings. The van der Waals surface area contributed by atoms with Crippen LogP contribution < -0.4 is 9.50 Å². The fourth-order valence-electron chi connectivity index (χ4n) is 1.89. The summed E-state index contributed by atoms with van der Waals surface area (Å²) in [4.78, 5) is 3.77. The van der Waals surface area contributed by atoms with E-state index in [1.807, 2.05) is 0 Å². The second-order valence-electron chi connectivity index (χ2n) is 5.21. The van der Waals surface area contributed by atoms with Gasteiger partial charge in [-0.15, -0.1) is 6.58 Å². The van der Waals surface area contributed by atoms with Crippen molar-refractivity contribution in [2.75, 3.05) is 11.9 Å². The smallest absolute Gasteiger partial charge is 0.366 e. The number of hydrogen-bond donors (Lipinski definition) is 2. The molecule has 0 fully saturated rings. The first kappa shape index (κ1) is 19.9. The predicted molar refractivity (Wildman–Crippen MR) is 85.1 cm³/mol. The van der Waals surface area contributed by atoms with Crippen LogP contribution in [0, 0.1) is 5.41 Å². The lowest BCUT2D eigenvalue weighted by atomic mass is 9.95. The van der Waals surface area contributed by atoms with E-state index < -0.39 is 21.5 Å². The minimum Gasteiger partial charge on any atom is -0.366 e. The van der Waals surface area contributed by atoms with E-state index in [-0.39, 0.29) is 24.0 Å². The van der Waals surface area contributed by atoms with Gasteiger partial charge in [0.05, 0.1) is 0 Å². The number of halogens is 3. The van der Waals surface area contributed by atoms with E-state index in [9.17, 15) is 21.6 Å². The molecular weight excluding hydrogens is 347 g/mol. The maximum Gasteiger partial charge on any atom is 0.534 e. The number of nitrogens with zero attached hydrogens (tertiary/aromatic N) is 1. The molecule has 0 saturated heterocycles. The van der Waals surface area contributed by atoms with Crippen LogP contribution in [-0.2, 0) is 10.1 Å². The lowest BCUT2D eigenvalue weighted by molar-refractivity contribution is -0.0501. The van der Waals surface area contributed by atoms with Gasteiger partial charge in [0.2, 0.25) is 5.88 Å². The standard InChI is InChI=1S/C14H18F3N3O3S/c1-5-6-19-13-12(9(4)18)10(8(2)3)7-11(20-13)23-24(21,22)14(15,16)17/h5,7-8,18H,1,6H2,2-4H3,(H,19,20). The summed E-state index contributed by atoms with van der Waals surface area (Å²) in [6, 6.07) is 1.10. The zero-order chi connectivity index (χ0) is 18.7. The molecule has 0 aliphatic carbocycles. The normalized spacial score (nSPS) is 12.1. The van der Waals surface area contributed by atoms with Crippen molar-refractivity contribution < 1.29 is 25.8 Å². The molecule has 0 atom stereocenters. The summed E-state index contributed by atoms with van der Waals surface area (Å²) in [6.07, 6.45) is 1.49. The van der Waals surface area contributed by atoms with Gasteiger partial charge in [0.25, 0.3) is 0 Å². The predicted octanol–water partition coefficient (Wildman–Crippen LogP) is 3.42. The summed E-state index contributed by atoms with van der Waals surface area (Å²) in [5.41, 5.74) is -4.61. The molecule has 0 saturated carbocycles. The van der Waals surface area contributed by atoms with Gasteiger partial charge < -0.3 is 14.9 Å². The highest BCUT2D eigenvalue weighted by molar-refractivity contribution is 7.87. The number of aromatic nitrogens is 1. The third-order valence-corrected chi connectivity index (χ3v) is 3.87. The third kappa shape index (κ3) is 4.47. The molecular formula is C14H18F3N3O3S. The summed E-state index contributed by atoms with van der Waals surface area (Å²) < 4.78 is 63.9. The maximum atomic E-state index is 12.5. The van der Waals surface area contributed by atoms with Crippen LogP contribution in [-0.4, -0.2) is 31.2 Å². The van der Waals surface area contributed by atoms with Crippen LogP contribution in [0.2, 0.25) is 0 Å². The van der Waals surface area contributed by atoms with Crippen molar-refractivity contribution in [1.29, 1.82) is 5.41 Å². The summed E-state index contributed by atoms with van der Waals surface area (Å²) in [6.45, 7) is 8.72. The van der Waals surface area contributed by atoms with Crippen LogP contribution in [0.1, 0.15) is 37.8 Å². The Bertz CT molecular complexity index is 744. The molecule has 1 rings (SSSR count). The van der Waals surface area contributed by atoms with Crippen LogP contribution in [0.25, 0.3) is 0 Å². The molecule has 1 aromatic rings. The molecule has 10 heteroatoms. The van der Waals surface area contributed by atoms with Crippen molar-refractivity contribution in [2.24, 2.45) is 0 Å². The second kappa shape index (κ2) is 7.20. The summed E-state index contributed by atoms with van der Waals surface area (Å²) >= 11 is 0. The van der Waals surface area contributed by atoms with Crippen molar-refractivity contribution in [3.63, 3.8) is 0 Å². The fraction of sp³-hybridized carbons (Fsp3) is 0.429. The molecule has 0 spiro atoms. The van der Waals surface area contributed by atoms with Crippen LogP contribution in [0.15, 0.2) is 18.7 Å². The zero-order valence-electron chi connectivity index (χ0n) is 13.4. The molecule has 0 aliphatic heterocycles. The summed E-state index contributed by atoms with van der Waals surface area (Å²) in [5, 5.41) is 10.6. The van der Waals surface area contributed by atoms with Gasteiger partial charge >= 0.3 is 15.6 Å². The Balaban J connectivity index is 3.51. The molecule has 0 aromatic carbocycles. The molecule has 6 nitrogen and oxygen atoms in total. The molecule has 1 aromatic heterocycles. The number of pyridine rings is 1. The van der Waals surface area contributed by atoms with E-state index in [1.54, 1.807) is 13.8 Å². The van der Waals surface area contributed by atoms with Crippen molar-refractivity contribution in [3.05, 3.63) is 29.8 Å². The Labute approximate surface area is 138 Å². The summed E-state index contributed by atoms with van der Waals surface area (Å²) in [5.74, 6) is -0.864. The molecule has 2 N–H and O–H groups in total. The second-order valence-corrected chi connectivity index (χ2v) is 6.74. The number of anilines is 1. The quantitative estimate of drug-likeness (QED) is 0.334. The average molecular weight is 365 g/mol. The first-order chi connectivity index (χ1) is 10.9. The van der Waals surface area contributed by atoms with Crippen molar-refractivity contribution in [1.82, 2.24) is 4.98 Å². The summed E-state index contributed by atoms with van der Waals surface area (Å²) in [7, 11) is -5.83. The Morgan fingerprint density at radius 2 is 2.08 bits per heavy atom. The minimum absolute atomic E-state index is 0.0565. The highest BCUT2D eigenvalue weighted by Crippen LogP contribution is 2.32. The lowest BCUT2D eigenvalue weighted by Crippen LogP contribution is -2.28. The van der Waals surface area contributed by atoms with Gasteiger partial charge in [0.1, 0.15) is 5.82 Å². The molecule has 0 radical (unpaired) electrons. The highest BCUT2D eigenvalue weighted by Gasteiger charge is 2.49. The Morgan fingerprint density at radius 3 is 2.50 bits per heavy atom. The molecule has 0 unspecified atom stereocenters. The van der Waals surface area contributed by atoms with Crippen LogP contribution >= 0.6 is 0 Å². The molecule has 0 bridgehead atoms. The van der Waals surface area contributed by atoms with Gasteiger partial charge in [0, 0.05) is 23.9 Å². The largest absolute Gasteiger partial charge is 0.534 e. The number of alkyl halides is 3. The van der Waals surface area contributed by atoms with Crippen LogP contribution in [0.4, 0.5) is 19.0 Å². The maximum absolute atomic E-state index is 12.5. The fourth-order valence-corrected chi connectivity index (χ4v) is 2.29. The molecule has 134 valence electrons. The Hall–Kier alpha value is -2.10. The minimum atomic E-state index is -5.83. The van der Waals surface area contributed by atoms with Gasteiger partial charge in [-0.2, -0.15) is 26.6 Å². The van der Waals surface area contributed by atoms with E-state index in [0.29, 0.717) is 11.1 Å². The topological polar surface area (TPSA) is 92.1 Å². The average Bonchev–Trinajstić information content (AvgIpc) is 2.42. The van der Waals surface area contributed by atoms with E-state index in [0.717, 1.165) is 6.07 Å². The Morgan fingerprint density at radius 1 is 1.50 bits per heavy atom. The molecule has 1 heterocycles. The first-order valence-corrected chi connectivity index (χ1v) is 8.27. The Kier molecular flexibility index (Phi) is 5.99. The number of hydrogen-bond acceptors (Lipinski definition) is 6. The van der Waals surface area contributed by atoms with Crippen LogP contribution in [0.5, 0.6) is 5.88 Å². The SMILES string of the molecule is C=CCNc1nc(OS(=O)(=O)C(F)(F)F)cc(C(C)C)c1C(C)=N. The molecule has 0 amide bonds. The van der Waals surface area contributed by atoms with Gasteiger partial charge in [0.15, 0.2) is 0 Å². The first-order valence-electron chi connectivity index (χ1n) is 6.86. The highest BCUT2D eigenvalue weighted by atomic mass is 32.2. The van der Waals surface area contributed by atoms with E-state index in [1.165, 1.54) is 13.0 Å². The number of nitrogens with one attached hydrogen (secondary N) is 2. The van der Waals surface area contributed by atoms with Gasteiger partial charge in [-0.05, 0) is 18.4 Å². The van der Waals surface area contributed by atoms with E-state index in [2.05, 4.69) is 21.1 Å². The van der Waals surface area contributed by atoms with Gasteiger partial charge in [-0.1, -0.05) is 19.9 Å².